The first kappa shape index (κ1) is 13.4. The van der Waals surface area contributed by atoms with Crippen LogP contribution in [0.5, 0.6) is 0 Å². The number of nitrogens with zero attached hydrogens (tertiary/aromatic N) is 2. The molecule has 0 aliphatic carbocycles. The van der Waals surface area contributed by atoms with Crippen molar-refractivity contribution < 1.29 is 4.42 Å². The van der Waals surface area contributed by atoms with Gasteiger partial charge in [-0.15, -0.1) is 0 Å². The van der Waals surface area contributed by atoms with Crippen LogP contribution in [0.2, 0.25) is 10.0 Å². The Labute approximate surface area is 135 Å². The molecule has 2 aromatic heterocycles. The Morgan fingerprint density at radius 1 is 1.05 bits per heavy atom. The minimum Gasteiger partial charge on any atom is -0.442 e. The Kier molecular flexibility index (Phi) is 3.13. The van der Waals surface area contributed by atoms with Gasteiger partial charge in [0.25, 0.3) is 0 Å². The number of oxazole rings is 1. The summed E-state index contributed by atoms with van der Waals surface area (Å²) in [5.74, 6) is 0.641. The van der Waals surface area contributed by atoms with Gasteiger partial charge in [0.05, 0.1) is 6.20 Å². The molecule has 0 atom stereocenters. The van der Waals surface area contributed by atoms with Crippen LogP contribution in [-0.2, 0) is 0 Å². The van der Waals surface area contributed by atoms with Gasteiger partial charge >= 0.3 is 0 Å². The van der Waals surface area contributed by atoms with E-state index in [2.05, 4.69) is 15.2 Å². The lowest BCUT2D eigenvalue weighted by Crippen LogP contribution is -1.82. The van der Waals surface area contributed by atoms with Gasteiger partial charge in [0.2, 0.25) is 0 Å². The summed E-state index contributed by atoms with van der Waals surface area (Å²) in [7, 11) is 0. The van der Waals surface area contributed by atoms with Gasteiger partial charge in [0.1, 0.15) is 11.2 Å². The molecule has 4 rings (SSSR count). The van der Waals surface area contributed by atoms with Crippen molar-refractivity contribution in [3.05, 3.63) is 59.0 Å². The molecule has 4 nitrogen and oxygen atoms in total. The number of fused-ring (bicyclic) bond motifs is 1. The standard InChI is InChI=1S/C16H9Cl2N3O/c17-9-4-5-10(13(18)6-9)11-2-1-3-12-15(11)20-21-16(12)14-7-19-8-22-14/h1-8H,(H,20,21). The van der Waals surface area contributed by atoms with E-state index in [0.29, 0.717) is 15.8 Å². The lowest BCUT2D eigenvalue weighted by molar-refractivity contribution is 0.570. The predicted molar refractivity (Wildman–Crippen MR) is 87.0 cm³/mol. The van der Waals surface area contributed by atoms with Gasteiger partial charge < -0.3 is 4.42 Å². The molecule has 0 radical (unpaired) electrons. The number of halogens is 2. The second-order valence-electron chi connectivity index (χ2n) is 4.79. The molecule has 0 saturated heterocycles. The fourth-order valence-electron chi connectivity index (χ4n) is 2.49. The molecule has 0 bridgehead atoms. The number of benzene rings is 2. The number of hydrogen-bond donors (Lipinski definition) is 1. The van der Waals surface area contributed by atoms with Crippen LogP contribution in [0, 0.1) is 0 Å². The molecule has 0 saturated carbocycles. The van der Waals surface area contributed by atoms with Crippen LogP contribution in [0.15, 0.2) is 53.4 Å². The van der Waals surface area contributed by atoms with Crippen molar-refractivity contribution >= 4 is 34.1 Å². The maximum absolute atomic E-state index is 6.32. The maximum Gasteiger partial charge on any atom is 0.181 e. The van der Waals surface area contributed by atoms with E-state index < -0.39 is 0 Å². The van der Waals surface area contributed by atoms with Gasteiger partial charge in [0.15, 0.2) is 12.2 Å². The number of rotatable bonds is 2. The molecule has 0 spiro atoms. The number of hydrogen-bond acceptors (Lipinski definition) is 3. The monoisotopic (exact) mass is 329 g/mol. The highest BCUT2D eigenvalue weighted by atomic mass is 35.5. The highest BCUT2D eigenvalue weighted by molar-refractivity contribution is 6.36. The molecule has 4 aromatic rings. The molecule has 0 unspecified atom stereocenters. The molecule has 22 heavy (non-hydrogen) atoms. The van der Waals surface area contributed by atoms with Crippen molar-refractivity contribution in [2.45, 2.75) is 0 Å². The molecule has 2 heterocycles. The van der Waals surface area contributed by atoms with Crippen molar-refractivity contribution in [3.63, 3.8) is 0 Å². The summed E-state index contributed by atoms with van der Waals surface area (Å²) in [6, 6.07) is 11.3. The average Bonchev–Trinajstić information content (AvgIpc) is 3.16. The van der Waals surface area contributed by atoms with Gasteiger partial charge in [0, 0.05) is 26.6 Å². The maximum atomic E-state index is 6.32. The lowest BCUT2D eigenvalue weighted by atomic mass is 10.0. The van der Waals surface area contributed by atoms with Crippen molar-refractivity contribution in [1.29, 1.82) is 0 Å². The molecule has 0 aliphatic rings. The Hall–Kier alpha value is -2.30. The van der Waals surface area contributed by atoms with Gasteiger partial charge in [-0.3, -0.25) is 5.10 Å². The summed E-state index contributed by atoms with van der Waals surface area (Å²) in [5, 5.41) is 9.55. The largest absolute Gasteiger partial charge is 0.442 e. The molecular formula is C16H9Cl2N3O. The van der Waals surface area contributed by atoms with E-state index in [0.717, 1.165) is 27.7 Å². The van der Waals surface area contributed by atoms with E-state index in [1.165, 1.54) is 6.39 Å². The van der Waals surface area contributed by atoms with E-state index in [9.17, 15) is 0 Å². The van der Waals surface area contributed by atoms with Crippen molar-refractivity contribution in [3.8, 4) is 22.6 Å². The average molecular weight is 330 g/mol. The fraction of sp³-hybridized carbons (Fsp3) is 0. The smallest absolute Gasteiger partial charge is 0.181 e. The highest BCUT2D eigenvalue weighted by Crippen LogP contribution is 2.36. The number of aromatic amines is 1. The minimum atomic E-state index is 0.587. The van der Waals surface area contributed by atoms with Crippen LogP contribution in [0.25, 0.3) is 33.5 Å². The summed E-state index contributed by atoms with van der Waals surface area (Å²) in [6.07, 6.45) is 3.04. The lowest BCUT2D eigenvalue weighted by Gasteiger charge is -2.06. The van der Waals surface area contributed by atoms with Crippen molar-refractivity contribution in [2.75, 3.05) is 0 Å². The second kappa shape index (κ2) is 5.16. The Morgan fingerprint density at radius 2 is 1.95 bits per heavy atom. The second-order valence-corrected chi connectivity index (χ2v) is 5.63. The molecule has 2 aromatic carbocycles. The molecule has 0 aliphatic heterocycles. The topological polar surface area (TPSA) is 54.7 Å². The highest BCUT2D eigenvalue weighted by Gasteiger charge is 2.15. The SMILES string of the molecule is Clc1ccc(-c2cccc3c(-c4cnco4)[nH]nc23)c(Cl)c1. The van der Waals surface area contributed by atoms with Gasteiger partial charge in [-0.25, -0.2) is 4.98 Å². The summed E-state index contributed by atoms with van der Waals surface area (Å²) < 4.78 is 5.35. The van der Waals surface area contributed by atoms with Gasteiger partial charge in [-0.2, -0.15) is 5.10 Å². The van der Waals surface area contributed by atoms with Crippen molar-refractivity contribution in [2.24, 2.45) is 0 Å². The van der Waals surface area contributed by atoms with Crippen LogP contribution in [-0.4, -0.2) is 15.2 Å². The quantitative estimate of drug-likeness (QED) is 0.550. The van der Waals surface area contributed by atoms with E-state index in [1.54, 1.807) is 12.3 Å². The number of aromatic nitrogens is 3. The first-order valence-corrected chi connectivity index (χ1v) is 7.31. The number of H-pyrrole nitrogens is 1. The normalized spacial score (nSPS) is 11.2. The van der Waals surface area contributed by atoms with Gasteiger partial charge in [-0.1, -0.05) is 47.5 Å². The third kappa shape index (κ3) is 2.08. The van der Waals surface area contributed by atoms with Crippen LogP contribution >= 0.6 is 23.2 Å². The van der Waals surface area contributed by atoms with E-state index in [4.69, 9.17) is 27.6 Å². The third-order valence-corrected chi connectivity index (χ3v) is 4.03. The zero-order valence-electron chi connectivity index (χ0n) is 11.2. The molecule has 1 N–H and O–H groups in total. The molecular weight excluding hydrogens is 321 g/mol. The Morgan fingerprint density at radius 3 is 2.73 bits per heavy atom. The van der Waals surface area contributed by atoms with Crippen LogP contribution in [0.4, 0.5) is 0 Å². The van der Waals surface area contributed by atoms with E-state index in [-0.39, 0.29) is 0 Å². The van der Waals surface area contributed by atoms with E-state index in [1.807, 2.05) is 30.3 Å². The molecule has 108 valence electrons. The fourth-order valence-corrected chi connectivity index (χ4v) is 3.00. The van der Waals surface area contributed by atoms with Gasteiger partial charge in [-0.05, 0) is 12.1 Å². The zero-order valence-corrected chi connectivity index (χ0v) is 12.7. The molecule has 6 heteroatoms. The first-order valence-electron chi connectivity index (χ1n) is 6.55. The summed E-state index contributed by atoms with van der Waals surface area (Å²) in [4.78, 5) is 3.94. The predicted octanol–water partition coefficient (Wildman–Crippen LogP) is 5.19. The Bertz CT molecular complexity index is 961. The number of nitrogens with one attached hydrogen (secondary N) is 1. The summed E-state index contributed by atoms with van der Waals surface area (Å²) in [6.45, 7) is 0. The van der Waals surface area contributed by atoms with Crippen LogP contribution < -0.4 is 0 Å². The first-order chi connectivity index (χ1) is 10.7. The zero-order chi connectivity index (χ0) is 15.1. The van der Waals surface area contributed by atoms with Crippen LogP contribution in [0.3, 0.4) is 0 Å². The Balaban J connectivity index is 1.96. The van der Waals surface area contributed by atoms with Crippen LogP contribution in [0.1, 0.15) is 0 Å². The van der Waals surface area contributed by atoms with E-state index >= 15 is 0 Å². The number of para-hydroxylation sites is 1. The third-order valence-electron chi connectivity index (χ3n) is 3.48. The summed E-state index contributed by atoms with van der Waals surface area (Å²) in [5.41, 5.74) is 3.42. The minimum absolute atomic E-state index is 0.587. The summed E-state index contributed by atoms with van der Waals surface area (Å²) >= 11 is 12.3. The van der Waals surface area contributed by atoms with Crippen molar-refractivity contribution in [1.82, 2.24) is 15.2 Å². The molecule has 0 fully saturated rings. The molecule has 0 amide bonds.